The predicted octanol–water partition coefficient (Wildman–Crippen LogP) is 3.26. The molecule has 1 aliphatic heterocycles. The van der Waals surface area contributed by atoms with Gasteiger partial charge in [-0.2, -0.15) is 0 Å². The molecule has 1 aromatic heterocycles. The Balaban J connectivity index is 1.67. The molecule has 1 aliphatic carbocycles. The van der Waals surface area contributed by atoms with Crippen molar-refractivity contribution in [3.8, 4) is 0 Å². The summed E-state index contributed by atoms with van der Waals surface area (Å²) in [5.41, 5.74) is 1.23. The van der Waals surface area contributed by atoms with Crippen LogP contribution >= 0.6 is 11.3 Å². The van der Waals surface area contributed by atoms with Crippen molar-refractivity contribution < 1.29 is 9.53 Å². The molecule has 0 aromatic carbocycles. The number of Topliss-reactive ketones (excluding diaryl/α,β-unsaturated/α-hetero) is 1. The largest absolute Gasteiger partial charge is 0.381 e. The van der Waals surface area contributed by atoms with Crippen LogP contribution in [0.15, 0.2) is 5.38 Å². The van der Waals surface area contributed by atoms with Crippen LogP contribution in [0.25, 0.3) is 0 Å². The molecule has 1 saturated heterocycles. The molecular formula is C14H19NO2S. The van der Waals surface area contributed by atoms with Crippen LogP contribution in [-0.2, 0) is 9.53 Å². The molecule has 0 atom stereocenters. The molecule has 0 N–H and O–H groups in total. The summed E-state index contributed by atoms with van der Waals surface area (Å²) < 4.78 is 5.40. The fraction of sp³-hybridized carbons (Fsp3) is 0.714. The predicted molar refractivity (Wildman–Crippen MR) is 71.1 cm³/mol. The maximum absolute atomic E-state index is 11.3. The summed E-state index contributed by atoms with van der Waals surface area (Å²) in [6.07, 6.45) is 5.70. The fourth-order valence-corrected chi connectivity index (χ4v) is 3.93. The van der Waals surface area contributed by atoms with Gasteiger partial charge in [-0.25, -0.2) is 4.98 Å². The fourth-order valence-electron chi connectivity index (χ4n) is 2.86. The lowest BCUT2D eigenvalue weighted by atomic mass is 9.86. The van der Waals surface area contributed by atoms with Gasteiger partial charge >= 0.3 is 0 Å². The second-order valence-corrected chi connectivity index (χ2v) is 6.20. The Morgan fingerprint density at radius 1 is 1.11 bits per heavy atom. The molecule has 1 aromatic rings. The van der Waals surface area contributed by atoms with Crippen LogP contribution < -0.4 is 0 Å². The number of thiazole rings is 1. The molecular weight excluding hydrogens is 246 g/mol. The minimum absolute atomic E-state index is 0.422. The molecule has 1 saturated carbocycles. The summed E-state index contributed by atoms with van der Waals surface area (Å²) in [6, 6.07) is 0. The molecule has 2 fully saturated rings. The number of carbonyl (C=O) groups excluding carboxylic acids is 1. The minimum atomic E-state index is 0.422. The van der Waals surface area contributed by atoms with Gasteiger partial charge < -0.3 is 4.74 Å². The smallest absolute Gasteiger partial charge is 0.132 e. The van der Waals surface area contributed by atoms with Gasteiger partial charge in [0.1, 0.15) is 5.78 Å². The number of ketones is 1. The van der Waals surface area contributed by atoms with Gasteiger partial charge in [0, 0.05) is 43.3 Å². The van der Waals surface area contributed by atoms with E-state index in [1.807, 2.05) is 0 Å². The van der Waals surface area contributed by atoms with E-state index in [1.54, 1.807) is 11.3 Å². The van der Waals surface area contributed by atoms with Crippen LogP contribution in [0.1, 0.15) is 61.1 Å². The number of ether oxygens (including phenoxy) is 1. The minimum Gasteiger partial charge on any atom is -0.381 e. The Kier molecular flexibility index (Phi) is 3.75. The summed E-state index contributed by atoms with van der Waals surface area (Å²) in [5.74, 6) is 1.54. The third-order valence-corrected chi connectivity index (χ3v) is 5.10. The van der Waals surface area contributed by atoms with E-state index < -0.39 is 0 Å². The first-order valence-electron chi connectivity index (χ1n) is 6.87. The highest BCUT2D eigenvalue weighted by Gasteiger charge is 2.24. The van der Waals surface area contributed by atoms with Crippen molar-refractivity contribution in [1.29, 1.82) is 0 Å². The summed E-state index contributed by atoms with van der Waals surface area (Å²) in [5, 5.41) is 3.50. The van der Waals surface area contributed by atoms with Crippen molar-refractivity contribution in [3.63, 3.8) is 0 Å². The van der Waals surface area contributed by atoms with Gasteiger partial charge in [0.2, 0.25) is 0 Å². The summed E-state index contributed by atoms with van der Waals surface area (Å²) in [7, 11) is 0. The average Bonchev–Trinajstić information content (AvgIpc) is 2.90. The highest BCUT2D eigenvalue weighted by Crippen LogP contribution is 2.35. The zero-order valence-corrected chi connectivity index (χ0v) is 11.4. The lowest BCUT2D eigenvalue weighted by Gasteiger charge is -2.20. The van der Waals surface area contributed by atoms with Crippen LogP contribution in [0.3, 0.4) is 0 Å². The molecule has 4 heteroatoms. The lowest BCUT2D eigenvalue weighted by molar-refractivity contribution is -0.120. The third-order valence-electron chi connectivity index (χ3n) is 4.07. The quantitative estimate of drug-likeness (QED) is 0.824. The maximum Gasteiger partial charge on any atom is 0.132 e. The zero-order valence-electron chi connectivity index (χ0n) is 10.6. The summed E-state index contributed by atoms with van der Waals surface area (Å²) in [4.78, 5) is 16.1. The van der Waals surface area contributed by atoms with Crippen molar-refractivity contribution in [3.05, 3.63) is 16.1 Å². The number of nitrogens with zero attached hydrogens (tertiary/aromatic N) is 1. The Morgan fingerprint density at radius 3 is 2.56 bits per heavy atom. The van der Waals surface area contributed by atoms with Gasteiger partial charge in [-0.3, -0.25) is 4.79 Å². The van der Waals surface area contributed by atoms with Crippen LogP contribution in [0.4, 0.5) is 0 Å². The molecule has 0 radical (unpaired) electrons. The average molecular weight is 265 g/mol. The van der Waals surface area contributed by atoms with E-state index in [2.05, 4.69) is 5.38 Å². The molecule has 0 spiro atoms. The van der Waals surface area contributed by atoms with Gasteiger partial charge in [-0.05, 0) is 25.7 Å². The number of hydrogen-bond donors (Lipinski definition) is 0. The highest BCUT2D eigenvalue weighted by molar-refractivity contribution is 7.09. The van der Waals surface area contributed by atoms with Gasteiger partial charge in [-0.15, -0.1) is 11.3 Å². The van der Waals surface area contributed by atoms with E-state index >= 15 is 0 Å². The van der Waals surface area contributed by atoms with E-state index in [4.69, 9.17) is 9.72 Å². The van der Waals surface area contributed by atoms with Crippen LogP contribution in [0.5, 0.6) is 0 Å². The van der Waals surface area contributed by atoms with Crippen LogP contribution in [0.2, 0.25) is 0 Å². The second-order valence-electron chi connectivity index (χ2n) is 5.31. The van der Waals surface area contributed by atoms with E-state index in [1.165, 1.54) is 10.7 Å². The topological polar surface area (TPSA) is 39.2 Å². The maximum atomic E-state index is 11.3. The third kappa shape index (κ3) is 2.64. The van der Waals surface area contributed by atoms with Crippen LogP contribution in [0, 0.1) is 0 Å². The van der Waals surface area contributed by atoms with E-state index in [-0.39, 0.29) is 0 Å². The number of hydrogen-bond acceptors (Lipinski definition) is 4. The Morgan fingerprint density at radius 2 is 1.83 bits per heavy atom. The zero-order chi connectivity index (χ0) is 12.4. The van der Waals surface area contributed by atoms with Gasteiger partial charge in [-0.1, -0.05) is 0 Å². The molecule has 0 unspecified atom stereocenters. The molecule has 3 rings (SSSR count). The van der Waals surface area contributed by atoms with E-state index in [0.717, 1.165) is 51.7 Å². The number of aromatic nitrogens is 1. The summed E-state index contributed by atoms with van der Waals surface area (Å²) >= 11 is 1.80. The normalized spacial score (nSPS) is 23.4. The van der Waals surface area contributed by atoms with E-state index in [9.17, 15) is 4.79 Å². The first-order valence-corrected chi connectivity index (χ1v) is 7.75. The van der Waals surface area contributed by atoms with Crippen molar-refractivity contribution in [1.82, 2.24) is 4.98 Å². The number of rotatable bonds is 2. The molecule has 0 amide bonds. The van der Waals surface area contributed by atoms with Crippen molar-refractivity contribution in [2.75, 3.05) is 13.2 Å². The van der Waals surface area contributed by atoms with Gasteiger partial charge in [0.05, 0.1) is 10.7 Å². The first kappa shape index (κ1) is 12.3. The Hall–Kier alpha value is -0.740. The SMILES string of the molecule is O=C1CCC(c2csc(C3CCOCC3)n2)CC1. The molecule has 98 valence electrons. The number of carbonyl (C=O) groups is 1. The highest BCUT2D eigenvalue weighted by atomic mass is 32.1. The van der Waals surface area contributed by atoms with Crippen molar-refractivity contribution in [2.45, 2.75) is 50.4 Å². The van der Waals surface area contributed by atoms with Gasteiger partial charge in [0.25, 0.3) is 0 Å². The summed E-state index contributed by atoms with van der Waals surface area (Å²) in [6.45, 7) is 1.75. The second kappa shape index (κ2) is 5.49. The standard InChI is InChI=1S/C14H19NO2S/c16-12-3-1-10(2-4-12)13-9-18-14(15-13)11-5-7-17-8-6-11/h9-11H,1-8H2. The lowest BCUT2D eigenvalue weighted by Crippen LogP contribution is -2.15. The molecule has 2 heterocycles. The molecule has 3 nitrogen and oxygen atoms in total. The first-order chi connectivity index (χ1) is 8.83. The van der Waals surface area contributed by atoms with Crippen molar-refractivity contribution in [2.24, 2.45) is 0 Å². The molecule has 0 bridgehead atoms. The molecule has 2 aliphatic rings. The van der Waals surface area contributed by atoms with Crippen LogP contribution in [-0.4, -0.2) is 24.0 Å². The molecule has 18 heavy (non-hydrogen) atoms. The van der Waals surface area contributed by atoms with Gasteiger partial charge in [0.15, 0.2) is 0 Å². The van der Waals surface area contributed by atoms with E-state index in [0.29, 0.717) is 17.6 Å². The van der Waals surface area contributed by atoms with Crippen molar-refractivity contribution >= 4 is 17.1 Å². The Labute approximate surface area is 112 Å². The Bertz CT molecular complexity index is 413. The monoisotopic (exact) mass is 265 g/mol.